The minimum atomic E-state index is -0.873. The molecule has 1 fully saturated rings. The Hall–Kier alpha value is -1.10. The largest absolute Gasteiger partial charge is 0.480 e. The fourth-order valence-corrected chi connectivity index (χ4v) is 2.88. The molecule has 1 aliphatic rings. The molecule has 19 heavy (non-hydrogen) atoms. The third-order valence-electron chi connectivity index (χ3n) is 3.48. The molecule has 0 aromatic rings. The molecule has 1 N–H and O–H groups in total. The van der Waals surface area contributed by atoms with E-state index in [0.717, 1.165) is 25.9 Å². The summed E-state index contributed by atoms with van der Waals surface area (Å²) in [4.78, 5) is 26.6. The fraction of sp³-hybridized carbons (Fsp3) is 0.857. The van der Waals surface area contributed by atoms with E-state index in [2.05, 4.69) is 13.8 Å². The molecule has 5 heteroatoms. The third-order valence-corrected chi connectivity index (χ3v) is 3.48. The van der Waals surface area contributed by atoms with Crippen molar-refractivity contribution in [2.45, 2.75) is 33.6 Å². The molecule has 1 aliphatic heterocycles. The Kier molecular flexibility index (Phi) is 6.28. The number of carboxylic acid groups (broad SMARTS) is 1. The standard InChI is InChI=1S/C14H26N2O3/c1-4-5-15(10-14(18)19)9-13(17)16-7-11(2)6-12(3)8-16/h11-12H,4-10H2,1-3H3,(H,18,19)/t11-,12-/m1/s1. The number of rotatable bonds is 6. The molecule has 0 unspecified atom stereocenters. The molecule has 2 atom stereocenters. The highest BCUT2D eigenvalue weighted by molar-refractivity contribution is 5.79. The van der Waals surface area contributed by atoms with Crippen molar-refractivity contribution in [3.63, 3.8) is 0 Å². The molecule has 0 aliphatic carbocycles. The van der Waals surface area contributed by atoms with E-state index in [-0.39, 0.29) is 19.0 Å². The van der Waals surface area contributed by atoms with Gasteiger partial charge in [-0.15, -0.1) is 0 Å². The summed E-state index contributed by atoms with van der Waals surface area (Å²) in [7, 11) is 0. The van der Waals surface area contributed by atoms with E-state index in [1.807, 2.05) is 11.8 Å². The molecular weight excluding hydrogens is 244 g/mol. The first kappa shape index (κ1) is 16.0. The van der Waals surface area contributed by atoms with Crippen LogP contribution in [0.4, 0.5) is 0 Å². The van der Waals surface area contributed by atoms with E-state index in [1.54, 1.807) is 4.90 Å². The van der Waals surface area contributed by atoms with Gasteiger partial charge in [-0.05, 0) is 31.2 Å². The summed E-state index contributed by atoms with van der Waals surface area (Å²) in [6.45, 7) is 8.74. The number of piperidine rings is 1. The molecule has 0 aromatic heterocycles. The maximum Gasteiger partial charge on any atom is 0.317 e. The second-order valence-electron chi connectivity index (χ2n) is 5.85. The summed E-state index contributed by atoms with van der Waals surface area (Å²) in [5, 5.41) is 8.85. The van der Waals surface area contributed by atoms with Gasteiger partial charge in [0.15, 0.2) is 0 Å². The summed E-state index contributed by atoms with van der Waals surface area (Å²) in [6, 6.07) is 0. The van der Waals surface area contributed by atoms with Crippen LogP contribution < -0.4 is 0 Å². The average molecular weight is 270 g/mol. The van der Waals surface area contributed by atoms with Crippen LogP contribution in [-0.4, -0.2) is 59.5 Å². The van der Waals surface area contributed by atoms with Gasteiger partial charge in [-0.25, -0.2) is 0 Å². The Morgan fingerprint density at radius 3 is 2.26 bits per heavy atom. The first-order valence-electron chi connectivity index (χ1n) is 7.14. The Morgan fingerprint density at radius 1 is 1.21 bits per heavy atom. The van der Waals surface area contributed by atoms with Crippen molar-refractivity contribution in [3.05, 3.63) is 0 Å². The van der Waals surface area contributed by atoms with Gasteiger partial charge >= 0.3 is 5.97 Å². The van der Waals surface area contributed by atoms with Gasteiger partial charge < -0.3 is 10.0 Å². The number of aliphatic carboxylic acids is 1. The topological polar surface area (TPSA) is 60.9 Å². The molecular formula is C14H26N2O3. The molecule has 0 spiro atoms. The number of carbonyl (C=O) groups excluding carboxylic acids is 1. The van der Waals surface area contributed by atoms with E-state index in [9.17, 15) is 9.59 Å². The predicted molar refractivity (Wildman–Crippen MR) is 73.9 cm³/mol. The highest BCUT2D eigenvalue weighted by Gasteiger charge is 2.26. The first-order chi connectivity index (χ1) is 8.92. The molecule has 0 saturated carbocycles. The van der Waals surface area contributed by atoms with E-state index >= 15 is 0 Å². The van der Waals surface area contributed by atoms with Gasteiger partial charge in [0, 0.05) is 13.1 Å². The Balaban J connectivity index is 2.52. The minimum absolute atomic E-state index is 0.0570. The van der Waals surface area contributed by atoms with Crippen molar-refractivity contribution in [2.24, 2.45) is 11.8 Å². The van der Waals surface area contributed by atoms with Crippen LogP contribution in [0, 0.1) is 11.8 Å². The van der Waals surface area contributed by atoms with Crippen LogP contribution in [0.5, 0.6) is 0 Å². The fourth-order valence-electron chi connectivity index (χ4n) is 2.88. The number of likely N-dealkylation sites (tertiary alicyclic amines) is 1. The summed E-state index contributed by atoms with van der Waals surface area (Å²) in [6.07, 6.45) is 2.02. The number of carboxylic acids is 1. The lowest BCUT2D eigenvalue weighted by Crippen LogP contribution is -2.47. The van der Waals surface area contributed by atoms with Crippen molar-refractivity contribution in [1.29, 1.82) is 0 Å². The van der Waals surface area contributed by atoms with Gasteiger partial charge in [0.05, 0.1) is 13.1 Å². The van der Waals surface area contributed by atoms with E-state index in [0.29, 0.717) is 18.4 Å². The van der Waals surface area contributed by atoms with Gasteiger partial charge in [-0.1, -0.05) is 20.8 Å². The van der Waals surface area contributed by atoms with Crippen molar-refractivity contribution in [2.75, 3.05) is 32.7 Å². The first-order valence-corrected chi connectivity index (χ1v) is 7.14. The predicted octanol–water partition coefficient (Wildman–Crippen LogP) is 1.29. The lowest BCUT2D eigenvalue weighted by Gasteiger charge is -2.36. The summed E-state index contributed by atoms with van der Waals surface area (Å²) in [5.74, 6) is 0.258. The van der Waals surface area contributed by atoms with Gasteiger partial charge in [-0.2, -0.15) is 0 Å². The number of nitrogens with zero attached hydrogens (tertiary/aromatic N) is 2. The summed E-state index contributed by atoms with van der Waals surface area (Å²) < 4.78 is 0. The lowest BCUT2D eigenvalue weighted by molar-refractivity contribution is -0.140. The van der Waals surface area contributed by atoms with Crippen LogP contribution in [0.1, 0.15) is 33.6 Å². The number of carbonyl (C=O) groups is 2. The van der Waals surface area contributed by atoms with Crippen molar-refractivity contribution in [1.82, 2.24) is 9.80 Å². The quantitative estimate of drug-likeness (QED) is 0.790. The van der Waals surface area contributed by atoms with Crippen LogP contribution in [-0.2, 0) is 9.59 Å². The Labute approximate surface area is 115 Å². The molecule has 1 heterocycles. The second-order valence-corrected chi connectivity index (χ2v) is 5.85. The van der Waals surface area contributed by atoms with Crippen molar-refractivity contribution < 1.29 is 14.7 Å². The third kappa shape index (κ3) is 5.59. The number of hydrogen-bond donors (Lipinski definition) is 1. The zero-order valence-corrected chi connectivity index (χ0v) is 12.3. The molecule has 1 rings (SSSR count). The highest BCUT2D eigenvalue weighted by atomic mass is 16.4. The maximum atomic E-state index is 12.2. The lowest BCUT2D eigenvalue weighted by atomic mass is 9.92. The Bertz CT molecular complexity index is 310. The maximum absolute atomic E-state index is 12.2. The molecule has 5 nitrogen and oxygen atoms in total. The molecule has 110 valence electrons. The second kappa shape index (κ2) is 7.48. The average Bonchev–Trinajstić information content (AvgIpc) is 2.26. The molecule has 0 bridgehead atoms. The summed E-state index contributed by atoms with van der Waals surface area (Å²) >= 11 is 0. The van der Waals surface area contributed by atoms with Crippen LogP contribution in [0.3, 0.4) is 0 Å². The van der Waals surface area contributed by atoms with Crippen LogP contribution in [0.15, 0.2) is 0 Å². The highest BCUT2D eigenvalue weighted by Crippen LogP contribution is 2.21. The van der Waals surface area contributed by atoms with Crippen molar-refractivity contribution in [3.8, 4) is 0 Å². The molecule has 1 amide bonds. The monoisotopic (exact) mass is 270 g/mol. The van der Waals surface area contributed by atoms with Crippen LogP contribution in [0.2, 0.25) is 0 Å². The zero-order chi connectivity index (χ0) is 14.4. The molecule has 0 radical (unpaired) electrons. The molecule has 0 aromatic carbocycles. The van der Waals surface area contributed by atoms with E-state index in [1.165, 1.54) is 0 Å². The van der Waals surface area contributed by atoms with Gasteiger partial charge in [0.2, 0.25) is 5.91 Å². The van der Waals surface area contributed by atoms with Gasteiger partial charge in [0.1, 0.15) is 0 Å². The normalized spacial score (nSPS) is 23.7. The van der Waals surface area contributed by atoms with Crippen molar-refractivity contribution >= 4 is 11.9 Å². The summed E-state index contributed by atoms with van der Waals surface area (Å²) in [5.41, 5.74) is 0. The van der Waals surface area contributed by atoms with Gasteiger partial charge in [0.25, 0.3) is 0 Å². The SMILES string of the molecule is CCCN(CC(=O)O)CC(=O)N1C[C@H](C)C[C@@H](C)C1. The zero-order valence-electron chi connectivity index (χ0n) is 12.3. The van der Waals surface area contributed by atoms with Crippen LogP contribution >= 0.6 is 0 Å². The molecule has 1 saturated heterocycles. The van der Waals surface area contributed by atoms with E-state index in [4.69, 9.17) is 5.11 Å². The van der Waals surface area contributed by atoms with Gasteiger partial charge in [-0.3, -0.25) is 14.5 Å². The number of hydrogen-bond acceptors (Lipinski definition) is 3. The Morgan fingerprint density at radius 2 is 1.79 bits per heavy atom. The number of amides is 1. The minimum Gasteiger partial charge on any atom is -0.480 e. The van der Waals surface area contributed by atoms with Crippen LogP contribution in [0.25, 0.3) is 0 Å². The van der Waals surface area contributed by atoms with E-state index < -0.39 is 5.97 Å². The smallest absolute Gasteiger partial charge is 0.317 e.